The molecule has 35 heavy (non-hydrogen) atoms. The Kier molecular flexibility index (Phi) is 7.18. The molecular formula is C22H22F6N4O2S. The largest absolute Gasteiger partial charge is 0.416 e. The van der Waals surface area contributed by atoms with Crippen LogP contribution in [0.4, 0.5) is 31.1 Å². The van der Waals surface area contributed by atoms with Gasteiger partial charge in [0.05, 0.1) is 16.0 Å². The van der Waals surface area contributed by atoms with E-state index in [2.05, 4.69) is 15.6 Å². The molecule has 1 aromatic rings. The highest BCUT2D eigenvalue weighted by molar-refractivity contribution is 8.18. The Balaban J connectivity index is 1.42. The number of benzene rings is 1. The highest BCUT2D eigenvalue weighted by Crippen LogP contribution is 2.38. The van der Waals surface area contributed by atoms with Crippen molar-refractivity contribution in [2.45, 2.75) is 44.2 Å². The van der Waals surface area contributed by atoms with Crippen molar-refractivity contribution in [3.8, 4) is 0 Å². The molecule has 3 aliphatic heterocycles. The Labute approximate surface area is 201 Å². The lowest BCUT2D eigenvalue weighted by atomic mass is 9.95. The van der Waals surface area contributed by atoms with Gasteiger partial charge in [-0.05, 0) is 67.7 Å². The van der Waals surface area contributed by atoms with Gasteiger partial charge < -0.3 is 10.6 Å². The normalized spacial score (nSPS) is 24.9. The summed E-state index contributed by atoms with van der Waals surface area (Å²) in [4.78, 5) is 30.4. The van der Waals surface area contributed by atoms with E-state index >= 15 is 0 Å². The maximum atomic E-state index is 13.4. The van der Waals surface area contributed by atoms with Crippen LogP contribution in [0.1, 0.15) is 36.0 Å². The third kappa shape index (κ3) is 6.18. The molecule has 0 saturated carbocycles. The molecule has 4 rings (SSSR count). The SMILES string of the molecule is O=C1NC(=NC2CCNC2=O)C(=CC2CCN(Cc3ccc(C(F)(F)F)cc3C(F)(F)F)CC2)S1. The van der Waals surface area contributed by atoms with Gasteiger partial charge in [0, 0.05) is 13.1 Å². The van der Waals surface area contributed by atoms with Crippen molar-refractivity contribution in [3.05, 3.63) is 45.9 Å². The molecule has 0 aliphatic carbocycles. The summed E-state index contributed by atoms with van der Waals surface area (Å²) in [5.41, 5.74) is -2.81. The molecule has 1 atom stereocenters. The zero-order valence-electron chi connectivity index (χ0n) is 18.3. The van der Waals surface area contributed by atoms with Gasteiger partial charge in [-0.15, -0.1) is 0 Å². The first-order chi connectivity index (χ1) is 16.4. The lowest BCUT2D eigenvalue weighted by Crippen LogP contribution is -2.33. The fourth-order valence-corrected chi connectivity index (χ4v) is 5.10. The van der Waals surface area contributed by atoms with Gasteiger partial charge in [0.2, 0.25) is 5.91 Å². The smallest absolute Gasteiger partial charge is 0.354 e. The second-order valence-corrected chi connectivity index (χ2v) is 9.61. The minimum Gasteiger partial charge on any atom is -0.354 e. The van der Waals surface area contributed by atoms with Gasteiger partial charge in [0.25, 0.3) is 5.24 Å². The van der Waals surface area contributed by atoms with Crippen LogP contribution in [0.15, 0.2) is 34.2 Å². The number of amides is 2. The quantitative estimate of drug-likeness (QED) is 0.571. The number of carbonyl (C=O) groups excluding carboxylic acids is 2. The molecule has 1 aromatic carbocycles. The Bertz CT molecular complexity index is 1060. The summed E-state index contributed by atoms with van der Waals surface area (Å²) in [6, 6.07) is 1.18. The van der Waals surface area contributed by atoms with E-state index in [-0.39, 0.29) is 35.2 Å². The molecule has 3 aliphatic rings. The van der Waals surface area contributed by atoms with Gasteiger partial charge in [-0.25, -0.2) is 0 Å². The third-order valence-corrected chi connectivity index (χ3v) is 6.95. The molecule has 13 heteroatoms. The van der Waals surface area contributed by atoms with Gasteiger partial charge in [-0.2, -0.15) is 26.3 Å². The standard InChI is InChI=1S/C22H22F6N4O2S/c23-21(24,25)14-2-1-13(15(10-14)22(26,27)28)11-32-7-4-12(5-8-32)9-17-18(31-20(34)35-17)30-16-3-6-29-19(16)33/h1-2,9-10,12,16H,3-8,11H2,(H,29,33)(H,30,31,34). The Morgan fingerprint density at radius 3 is 2.37 bits per heavy atom. The maximum absolute atomic E-state index is 13.4. The van der Waals surface area contributed by atoms with Crippen LogP contribution in [-0.4, -0.2) is 47.6 Å². The summed E-state index contributed by atoms with van der Waals surface area (Å²) in [5, 5.41) is 5.03. The summed E-state index contributed by atoms with van der Waals surface area (Å²) in [6.07, 6.45) is -6.13. The van der Waals surface area contributed by atoms with Crippen LogP contribution in [0.2, 0.25) is 0 Å². The van der Waals surface area contributed by atoms with Crippen molar-refractivity contribution in [2.24, 2.45) is 10.9 Å². The van der Waals surface area contributed by atoms with E-state index in [4.69, 9.17) is 0 Å². The molecular weight excluding hydrogens is 498 g/mol. The van der Waals surface area contributed by atoms with Crippen LogP contribution in [0, 0.1) is 5.92 Å². The van der Waals surface area contributed by atoms with E-state index < -0.39 is 29.5 Å². The first-order valence-corrected chi connectivity index (χ1v) is 11.8. The predicted molar refractivity (Wildman–Crippen MR) is 118 cm³/mol. The lowest BCUT2D eigenvalue weighted by Gasteiger charge is -2.31. The van der Waals surface area contributed by atoms with Crippen LogP contribution in [0.3, 0.4) is 0 Å². The monoisotopic (exact) mass is 520 g/mol. The zero-order chi connectivity index (χ0) is 25.4. The van der Waals surface area contributed by atoms with Gasteiger partial charge in [0.1, 0.15) is 11.9 Å². The van der Waals surface area contributed by atoms with Crippen LogP contribution in [0.5, 0.6) is 0 Å². The number of hydrogen-bond donors (Lipinski definition) is 2. The summed E-state index contributed by atoms with van der Waals surface area (Å²) in [6.45, 7) is 1.29. The average molecular weight is 520 g/mol. The number of aliphatic imine (C=N–C) groups is 1. The van der Waals surface area contributed by atoms with Crippen LogP contribution < -0.4 is 10.6 Å². The summed E-state index contributed by atoms with van der Waals surface area (Å²) < 4.78 is 79.0. The Morgan fingerprint density at radius 1 is 1.06 bits per heavy atom. The minimum atomic E-state index is -4.90. The Hall–Kier alpha value is -2.54. The summed E-state index contributed by atoms with van der Waals surface area (Å²) in [7, 11) is 0. The topological polar surface area (TPSA) is 73.8 Å². The fourth-order valence-electron chi connectivity index (χ4n) is 4.29. The molecule has 0 spiro atoms. The summed E-state index contributed by atoms with van der Waals surface area (Å²) in [5.74, 6) is 0.195. The number of halogens is 6. The van der Waals surface area contributed by atoms with Crippen LogP contribution in [0.25, 0.3) is 0 Å². The molecule has 0 aromatic heterocycles. The molecule has 0 radical (unpaired) electrons. The first kappa shape index (κ1) is 25.5. The minimum absolute atomic E-state index is 0.0405. The molecule has 2 amide bonds. The predicted octanol–water partition coefficient (Wildman–Crippen LogP) is 4.56. The molecule has 0 bridgehead atoms. The number of likely N-dealkylation sites (tertiary alicyclic amines) is 1. The van der Waals surface area contributed by atoms with E-state index in [1.165, 1.54) is 0 Å². The molecule has 1 unspecified atom stereocenters. The van der Waals surface area contributed by atoms with Gasteiger partial charge in [0.15, 0.2) is 0 Å². The number of amidine groups is 1. The van der Waals surface area contributed by atoms with Crippen molar-refractivity contribution in [1.29, 1.82) is 0 Å². The second-order valence-electron chi connectivity index (χ2n) is 8.60. The number of allylic oxidation sites excluding steroid dienone is 1. The number of carbonyl (C=O) groups is 2. The average Bonchev–Trinajstić information content (AvgIpc) is 3.33. The highest BCUT2D eigenvalue weighted by Gasteiger charge is 2.38. The second kappa shape index (κ2) is 9.84. The van der Waals surface area contributed by atoms with Crippen molar-refractivity contribution in [3.63, 3.8) is 0 Å². The molecule has 190 valence electrons. The van der Waals surface area contributed by atoms with Crippen LogP contribution >= 0.6 is 11.8 Å². The van der Waals surface area contributed by atoms with Crippen molar-refractivity contribution < 1.29 is 35.9 Å². The van der Waals surface area contributed by atoms with Crippen LogP contribution in [-0.2, 0) is 23.7 Å². The van der Waals surface area contributed by atoms with E-state index in [1.54, 1.807) is 4.90 Å². The van der Waals surface area contributed by atoms with E-state index in [9.17, 15) is 35.9 Å². The van der Waals surface area contributed by atoms with Crippen molar-refractivity contribution in [2.75, 3.05) is 19.6 Å². The van der Waals surface area contributed by atoms with Gasteiger partial charge in [-0.1, -0.05) is 12.1 Å². The number of nitrogens with one attached hydrogen (secondary N) is 2. The maximum Gasteiger partial charge on any atom is 0.416 e. The number of alkyl halides is 6. The van der Waals surface area contributed by atoms with Crippen molar-refractivity contribution >= 4 is 28.7 Å². The lowest BCUT2D eigenvalue weighted by molar-refractivity contribution is -0.143. The number of nitrogens with zero attached hydrogens (tertiary/aromatic N) is 2. The van der Waals surface area contributed by atoms with Crippen molar-refractivity contribution in [1.82, 2.24) is 15.5 Å². The number of hydrogen-bond acceptors (Lipinski definition) is 5. The molecule has 2 N–H and O–H groups in total. The fraction of sp³-hybridized carbons (Fsp3) is 0.500. The third-order valence-electron chi connectivity index (χ3n) is 6.12. The summed E-state index contributed by atoms with van der Waals surface area (Å²) >= 11 is 0.981. The number of thioether (sulfide) groups is 1. The Morgan fingerprint density at radius 2 is 1.77 bits per heavy atom. The molecule has 6 nitrogen and oxygen atoms in total. The number of rotatable bonds is 4. The van der Waals surface area contributed by atoms with E-state index in [1.807, 2.05) is 6.08 Å². The molecule has 3 heterocycles. The van der Waals surface area contributed by atoms with E-state index in [0.29, 0.717) is 55.7 Å². The van der Waals surface area contributed by atoms with Gasteiger partial charge >= 0.3 is 12.4 Å². The first-order valence-electron chi connectivity index (χ1n) is 11.0. The van der Waals surface area contributed by atoms with Gasteiger partial charge in [-0.3, -0.25) is 19.5 Å². The zero-order valence-corrected chi connectivity index (χ0v) is 19.1. The number of piperidine rings is 1. The molecule has 3 saturated heterocycles. The van der Waals surface area contributed by atoms with E-state index in [0.717, 1.165) is 17.8 Å². The molecule has 3 fully saturated rings. The highest BCUT2D eigenvalue weighted by atomic mass is 32.2.